The lowest BCUT2D eigenvalue weighted by molar-refractivity contribution is -0.0415. The molecule has 0 saturated carbocycles. The van der Waals surface area contributed by atoms with Crippen LogP contribution in [0.4, 0.5) is 4.79 Å². The van der Waals surface area contributed by atoms with Crippen LogP contribution in [0.1, 0.15) is 53.9 Å². The third kappa shape index (κ3) is 5.29. The highest BCUT2D eigenvalue weighted by Gasteiger charge is 2.35. The molecule has 1 fully saturated rings. The first-order valence-corrected chi connectivity index (χ1v) is 7.42. The largest absolute Gasteiger partial charge is 0.444 e. The minimum atomic E-state index is -0.803. The molecule has 0 aromatic rings. The van der Waals surface area contributed by atoms with Crippen LogP contribution in [0.5, 0.6) is 0 Å². The Morgan fingerprint density at radius 3 is 2.45 bits per heavy atom. The maximum atomic E-state index is 12.1. The first-order valence-electron chi connectivity index (χ1n) is 7.42. The summed E-state index contributed by atoms with van der Waals surface area (Å²) in [7, 11) is 0. The summed E-state index contributed by atoms with van der Waals surface area (Å²) in [5.74, 6) is -0.105. The Kier molecular flexibility index (Phi) is 5.44. The Bertz CT molecular complexity index is 335. The van der Waals surface area contributed by atoms with Crippen LogP contribution < -0.4 is 0 Å². The Morgan fingerprint density at radius 2 is 1.95 bits per heavy atom. The van der Waals surface area contributed by atoms with Gasteiger partial charge in [0, 0.05) is 19.0 Å². The highest BCUT2D eigenvalue weighted by molar-refractivity contribution is 5.68. The van der Waals surface area contributed by atoms with E-state index in [2.05, 4.69) is 0 Å². The van der Waals surface area contributed by atoms with Gasteiger partial charge in [-0.05, 0) is 47.0 Å². The lowest BCUT2D eigenvalue weighted by atomic mass is 9.83. The number of amides is 1. The molecule has 1 amide bonds. The van der Waals surface area contributed by atoms with Gasteiger partial charge in [-0.15, -0.1) is 0 Å². The second-order valence-corrected chi connectivity index (χ2v) is 7.10. The van der Waals surface area contributed by atoms with Crippen molar-refractivity contribution in [2.24, 2.45) is 5.92 Å². The summed E-state index contributed by atoms with van der Waals surface area (Å²) in [6.45, 7) is 10.1. The van der Waals surface area contributed by atoms with Gasteiger partial charge in [-0.25, -0.2) is 4.79 Å². The van der Waals surface area contributed by atoms with E-state index in [4.69, 9.17) is 4.74 Å². The van der Waals surface area contributed by atoms with Crippen molar-refractivity contribution < 1.29 is 19.7 Å². The molecule has 3 atom stereocenters. The quantitative estimate of drug-likeness (QED) is 0.834. The molecule has 1 aliphatic heterocycles. The van der Waals surface area contributed by atoms with Crippen molar-refractivity contribution >= 4 is 6.09 Å². The summed E-state index contributed by atoms with van der Waals surface area (Å²) in [5.41, 5.74) is -1.32. The first-order chi connectivity index (χ1) is 9.04. The van der Waals surface area contributed by atoms with Crippen LogP contribution in [-0.4, -0.2) is 51.6 Å². The Hall–Kier alpha value is -0.810. The number of piperidine rings is 1. The monoisotopic (exact) mass is 287 g/mol. The maximum absolute atomic E-state index is 12.1. The van der Waals surface area contributed by atoms with Gasteiger partial charge in [0.25, 0.3) is 0 Å². The van der Waals surface area contributed by atoms with Crippen LogP contribution in [0.3, 0.4) is 0 Å². The van der Waals surface area contributed by atoms with Crippen LogP contribution >= 0.6 is 0 Å². The molecule has 0 aromatic heterocycles. The Balaban J connectivity index is 2.64. The molecule has 1 aliphatic rings. The van der Waals surface area contributed by atoms with Gasteiger partial charge in [-0.1, -0.05) is 6.92 Å². The second kappa shape index (κ2) is 6.31. The number of aliphatic hydroxyl groups excluding tert-OH is 1. The van der Waals surface area contributed by atoms with Gasteiger partial charge in [0.15, 0.2) is 0 Å². The molecule has 1 rings (SSSR count). The highest BCUT2D eigenvalue weighted by Crippen LogP contribution is 2.28. The fraction of sp³-hybridized carbons (Fsp3) is 0.933. The summed E-state index contributed by atoms with van der Waals surface area (Å²) in [6, 6.07) is 0. The Morgan fingerprint density at radius 1 is 1.35 bits per heavy atom. The lowest BCUT2D eigenvalue weighted by Crippen LogP contribution is -2.49. The fourth-order valence-corrected chi connectivity index (χ4v) is 2.42. The molecular weight excluding hydrogens is 258 g/mol. The molecule has 1 heterocycles. The summed E-state index contributed by atoms with van der Waals surface area (Å²) in [5, 5.41) is 20.2. The van der Waals surface area contributed by atoms with Gasteiger partial charge >= 0.3 is 6.09 Å². The SMILES string of the molecule is CCC(C)(O)CC1CN(C(=O)OC(C)(C)C)CCC1O. The predicted molar refractivity (Wildman–Crippen MR) is 77.5 cm³/mol. The number of carbonyl (C=O) groups is 1. The first kappa shape index (κ1) is 17.2. The number of aliphatic hydroxyl groups is 2. The van der Waals surface area contributed by atoms with E-state index in [1.54, 1.807) is 11.8 Å². The van der Waals surface area contributed by atoms with Crippen molar-refractivity contribution in [3.05, 3.63) is 0 Å². The number of hydrogen-bond donors (Lipinski definition) is 2. The van der Waals surface area contributed by atoms with Gasteiger partial charge in [-0.3, -0.25) is 0 Å². The normalized spacial score (nSPS) is 27.1. The van der Waals surface area contributed by atoms with Crippen LogP contribution in [0.25, 0.3) is 0 Å². The van der Waals surface area contributed by atoms with E-state index in [0.29, 0.717) is 32.4 Å². The van der Waals surface area contributed by atoms with Gasteiger partial charge in [-0.2, -0.15) is 0 Å². The fourth-order valence-electron chi connectivity index (χ4n) is 2.42. The van der Waals surface area contributed by atoms with Crippen molar-refractivity contribution in [1.82, 2.24) is 4.90 Å². The van der Waals surface area contributed by atoms with Gasteiger partial charge in [0.1, 0.15) is 5.60 Å². The molecule has 0 aromatic carbocycles. The van der Waals surface area contributed by atoms with E-state index in [1.807, 2.05) is 27.7 Å². The summed E-state index contributed by atoms with van der Waals surface area (Å²) < 4.78 is 5.36. The third-order valence-corrected chi connectivity index (χ3v) is 3.81. The highest BCUT2D eigenvalue weighted by atomic mass is 16.6. The number of rotatable bonds is 3. The molecular formula is C15H29NO4. The topological polar surface area (TPSA) is 70.0 Å². The number of hydrogen-bond acceptors (Lipinski definition) is 4. The van der Waals surface area contributed by atoms with Crippen LogP contribution in [0.15, 0.2) is 0 Å². The van der Waals surface area contributed by atoms with E-state index in [1.165, 1.54) is 0 Å². The Labute approximate surface area is 121 Å². The van der Waals surface area contributed by atoms with E-state index < -0.39 is 17.3 Å². The minimum Gasteiger partial charge on any atom is -0.444 e. The standard InChI is InChI=1S/C15H29NO4/c1-6-15(5,19)9-11-10-16(8-7-12(11)17)13(18)20-14(2,3)4/h11-12,17,19H,6-10H2,1-5H3. The average Bonchev–Trinajstić information content (AvgIpc) is 2.29. The smallest absolute Gasteiger partial charge is 0.410 e. The van der Waals surface area contributed by atoms with Crippen molar-refractivity contribution in [2.45, 2.75) is 71.2 Å². The molecule has 0 aliphatic carbocycles. The summed E-state index contributed by atoms with van der Waals surface area (Å²) in [6.07, 6.45) is 0.841. The zero-order chi connectivity index (χ0) is 15.6. The average molecular weight is 287 g/mol. The molecule has 0 spiro atoms. The zero-order valence-electron chi connectivity index (χ0n) is 13.3. The van der Waals surface area contributed by atoms with Crippen molar-refractivity contribution in [3.8, 4) is 0 Å². The predicted octanol–water partition coefficient (Wildman–Crippen LogP) is 2.16. The number of ether oxygens (including phenoxy) is 1. The van der Waals surface area contributed by atoms with Crippen LogP contribution in [0.2, 0.25) is 0 Å². The van der Waals surface area contributed by atoms with Crippen LogP contribution in [0, 0.1) is 5.92 Å². The van der Waals surface area contributed by atoms with Crippen molar-refractivity contribution in [3.63, 3.8) is 0 Å². The van der Waals surface area contributed by atoms with Gasteiger partial charge in [0.2, 0.25) is 0 Å². The molecule has 1 saturated heterocycles. The molecule has 118 valence electrons. The lowest BCUT2D eigenvalue weighted by Gasteiger charge is -2.39. The van der Waals surface area contributed by atoms with Crippen molar-refractivity contribution in [2.75, 3.05) is 13.1 Å². The molecule has 0 radical (unpaired) electrons. The summed E-state index contributed by atoms with van der Waals surface area (Å²) in [4.78, 5) is 13.7. The van der Waals surface area contributed by atoms with Crippen molar-refractivity contribution in [1.29, 1.82) is 0 Å². The number of carbonyl (C=O) groups excluding carboxylic acids is 1. The molecule has 5 nitrogen and oxygen atoms in total. The van der Waals surface area contributed by atoms with Gasteiger partial charge < -0.3 is 19.8 Å². The number of likely N-dealkylation sites (tertiary alicyclic amines) is 1. The number of nitrogens with zero attached hydrogens (tertiary/aromatic N) is 1. The van der Waals surface area contributed by atoms with E-state index in [0.717, 1.165) is 0 Å². The van der Waals surface area contributed by atoms with E-state index >= 15 is 0 Å². The van der Waals surface area contributed by atoms with Crippen LogP contribution in [-0.2, 0) is 4.74 Å². The summed E-state index contributed by atoms with van der Waals surface area (Å²) >= 11 is 0. The second-order valence-electron chi connectivity index (χ2n) is 7.10. The third-order valence-electron chi connectivity index (χ3n) is 3.81. The molecule has 5 heteroatoms. The maximum Gasteiger partial charge on any atom is 0.410 e. The molecule has 3 unspecified atom stereocenters. The van der Waals surface area contributed by atoms with E-state index in [9.17, 15) is 15.0 Å². The zero-order valence-corrected chi connectivity index (χ0v) is 13.3. The van der Waals surface area contributed by atoms with E-state index in [-0.39, 0.29) is 12.0 Å². The molecule has 20 heavy (non-hydrogen) atoms. The minimum absolute atomic E-state index is 0.105. The molecule has 0 bridgehead atoms. The molecule has 2 N–H and O–H groups in total. The van der Waals surface area contributed by atoms with Gasteiger partial charge in [0.05, 0.1) is 11.7 Å².